The number of hydrogen-bond donors (Lipinski definition) is 2. The zero-order chi connectivity index (χ0) is 23.8. The zero-order valence-corrected chi connectivity index (χ0v) is 19.7. The monoisotopic (exact) mass is 448 g/mol. The maximum absolute atomic E-state index is 12.4. The van der Waals surface area contributed by atoms with Crippen LogP contribution in [0.2, 0.25) is 0 Å². The SMILES string of the molecule is Cc1nn(CC(C)C)c(C)c1CC(=O)NNC(=O)COc1ccccc1Cc1ccccc1. The summed E-state index contributed by atoms with van der Waals surface area (Å²) in [5, 5.41) is 4.53. The number of aryl methyl sites for hydroxylation is 1. The molecule has 3 aromatic rings. The highest BCUT2D eigenvalue weighted by molar-refractivity contribution is 5.84. The molecule has 0 saturated heterocycles. The Morgan fingerprint density at radius 1 is 0.970 bits per heavy atom. The number of aromatic nitrogens is 2. The maximum Gasteiger partial charge on any atom is 0.276 e. The third-order valence-corrected chi connectivity index (χ3v) is 5.32. The first kappa shape index (κ1) is 24.0. The summed E-state index contributed by atoms with van der Waals surface area (Å²) in [7, 11) is 0. The summed E-state index contributed by atoms with van der Waals surface area (Å²) < 4.78 is 7.66. The Balaban J connectivity index is 1.50. The second-order valence-corrected chi connectivity index (χ2v) is 8.56. The van der Waals surface area contributed by atoms with E-state index in [4.69, 9.17) is 4.74 Å². The molecule has 0 saturated carbocycles. The average Bonchev–Trinajstić information content (AvgIpc) is 3.04. The molecule has 2 N–H and O–H groups in total. The predicted octanol–water partition coefficient (Wildman–Crippen LogP) is 3.52. The van der Waals surface area contributed by atoms with Crippen molar-refractivity contribution in [2.45, 2.75) is 47.1 Å². The van der Waals surface area contributed by atoms with Gasteiger partial charge in [-0.1, -0.05) is 62.4 Å². The van der Waals surface area contributed by atoms with Crippen molar-refractivity contribution in [1.82, 2.24) is 20.6 Å². The number of nitrogens with zero attached hydrogens (tertiary/aromatic N) is 2. The number of ether oxygens (including phenoxy) is 1. The van der Waals surface area contributed by atoms with E-state index in [0.717, 1.165) is 34.6 Å². The van der Waals surface area contributed by atoms with Crippen LogP contribution in [-0.4, -0.2) is 28.2 Å². The lowest BCUT2D eigenvalue weighted by molar-refractivity contribution is -0.129. The van der Waals surface area contributed by atoms with Crippen molar-refractivity contribution < 1.29 is 14.3 Å². The number of amides is 2. The summed E-state index contributed by atoms with van der Waals surface area (Å²) in [6, 6.07) is 17.7. The molecule has 1 heterocycles. The van der Waals surface area contributed by atoms with Crippen LogP contribution in [0.4, 0.5) is 0 Å². The van der Waals surface area contributed by atoms with Crippen LogP contribution in [-0.2, 0) is 29.0 Å². The van der Waals surface area contributed by atoms with Gasteiger partial charge in [-0.2, -0.15) is 5.10 Å². The van der Waals surface area contributed by atoms with E-state index in [2.05, 4.69) is 41.9 Å². The number of hydrogen-bond acceptors (Lipinski definition) is 4. The number of rotatable bonds is 9. The Labute approximate surface area is 195 Å². The van der Waals surface area contributed by atoms with Crippen LogP contribution in [0.25, 0.3) is 0 Å². The van der Waals surface area contributed by atoms with Crippen LogP contribution < -0.4 is 15.6 Å². The molecule has 0 fully saturated rings. The van der Waals surface area contributed by atoms with Crippen molar-refractivity contribution in [2.75, 3.05) is 6.61 Å². The van der Waals surface area contributed by atoms with Crippen LogP contribution in [0.15, 0.2) is 54.6 Å². The van der Waals surface area contributed by atoms with Crippen LogP contribution in [0.3, 0.4) is 0 Å². The molecule has 174 valence electrons. The number of nitrogens with one attached hydrogen (secondary N) is 2. The highest BCUT2D eigenvalue weighted by Gasteiger charge is 2.16. The highest BCUT2D eigenvalue weighted by atomic mass is 16.5. The standard InChI is InChI=1S/C26H32N4O3/c1-18(2)16-30-20(4)23(19(3)29-30)15-25(31)27-28-26(32)17-33-24-13-9-8-12-22(24)14-21-10-6-5-7-11-21/h5-13,18H,14-17H2,1-4H3,(H,27,31)(H,28,32). The van der Waals surface area contributed by atoms with Gasteiger partial charge < -0.3 is 4.74 Å². The highest BCUT2D eigenvalue weighted by Crippen LogP contribution is 2.21. The minimum absolute atomic E-state index is 0.150. The maximum atomic E-state index is 12.4. The van der Waals surface area contributed by atoms with E-state index in [1.165, 1.54) is 0 Å². The van der Waals surface area contributed by atoms with Crippen molar-refractivity contribution in [3.8, 4) is 5.75 Å². The second kappa shape index (κ2) is 11.3. The van der Waals surface area contributed by atoms with Gasteiger partial charge in [0, 0.05) is 24.2 Å². The summed E-state index contributed by atoms with van der Waals surface area (Å²) in [4.78, 5) is 24.6. The lowest BCUT2D eigenvalue weighted by Gasteiger charge is -2.12. The van der Waals surface area contributed by atoms with Crippen molar-refractivity contribution >= 4 is 11.8 Å². The molecule has 2 amide bonds. The Morgan fingerprint density at radius 3 is 2.36 bits per heavy atom. The molecule has 0 aliphatic heterocycles. The fourth-order valence-corrected chi connectivity index (χ4v) is 3.64. The fourth-order valence-electron chi connectivity index (χ4n) is 3.64. The Morgan fingerprint density at radius 2 is 1.64 bits per heavy atom. The number of para-hydroxylation sites is 1. The molecule has 0 atom stereocenters. The molecule has 3 rings (SSSR count). The Kier molecular flexibility index (Phi) is 8.24. The van der Waals surface area contributed by atoms with Crippen molar-refractivity contribution in [3.05, 3.63) is 82.7 Å². The Bertz CT molecular complexity index is 1090. The van der Waals surface area contributed by atoms with Gasteiger partial charge in [0.1, 0.15) is 5.75 Å². The molecule has 0 unspecified atom stereocenters. The Hall–Kier alpha value is -3.61. The smallest absolute Gasteiger partial charge is 0.276 e. The summed E-state index contributed by atoms with van der Waals surface area (Å²) in [5.41, 5.74) is 9.73. The quantitative estimate of drug-likeness (QED) is 0.491. The topological polar surface area (TPSA) is 85.3 Å². The fraction of sp³-hybridized carbons (Fsp3) is 0.346. The molecule has 0 spiro atoms. The lowest BCUT2D eigenvalue weighted by atomic mass is 10.0. The van der Waals surface area contributed by atoms with Gasteiger partial charge >= 0.3 is 0 Å². The van der Waals surface area contributed by atoms with E-state index in [1.54, 1.807) is 0 Å². The second-order valence-electron chi connectivity index (χ2n) is 8.56. The van der Waals surface area contributed by atoms with Gasteiger partial charge in [0.2, 0.25) is 5.91 Å². The first-order valence-electron chi connectivity index (χ1n) is 11.2. The first-order chi connectivity index (χ1) is 15.8. The number of benzene rings is 2. The number of carbonyl (C=O) groups excluding carboxylic acids is 2. The number of carbonyl (C=O) groups is 2. The van der Waals surface area contributed by atoms with E-state index in [9.17, 15) is 9.59 Å². The van der Waals surface area contributed by atoms with Crippen LogP contribution >= 0.6 is 0 Å². The molecule has 0 aliphatic rings. The molecule has 7 heteroatoms. The van der Waals surface area contributed by atoms with Gasteiger partial charge in [-0.3, -0.25) is 25.1 Å². The van der Waals surface area contributed by atoms with E-state index in [-0.39, 0.29) is 18.9 Å². The molecule has 0 aliphatic carbocycles. The van der Waals surface area contributed by atoms with Gasteiger partial charge in [-0.15, -0.1) is 0 Å². The van der Waals surface area contributed by atoms with Gasteiger partial charge in [-0.05, 0) is 37.0 Å². The molecule has 33 heavy (non-hydrogen) atoms. The van der Waals surface area contributed by atoms with Crippen molar-refractivity contribution in [2.24, 2.45) is 5.92 Å². The zero-order valence-electron chi connectivity index (χ0n) is 19.7. The van der Waals surface area contributed by atoms with Gasteiger partial charge in [-0.25, -0.2) is 0 Å². The molecule has 0 bridgehead atoms. The van der Waals surface area contributed by atoms with Crippen LogP contribution in [0, 0.1) is 19.8 Å². The van der Waals surface area contributed by atoms with Crippen molar-refractivity contribution in [3.63, 3.8) is 0 Å². The molecule has 2 aromatic carbocycles. The molecular weight excluding hydrogens is 416 g/mol. The molecular formula is C26H32N4O3. The molecule has 7 nitrogen and oxygen atoms in total. The van der Waals surface area contributed by atoms with Crippen LogP contribution in [0.5, 0.6) is 5.75 Å². The number of hydrazine groups is 1. The minimum atomic E-state index is -0.429. The van der Waals surface area contributed by atoms with E-state index >= 15 is 0 Å². The van der Waals surface area contributed by atoms with Gasteiger partial charge in [0.25, 0.3) is 5.91 Å². The van der Waals surface area contributed by atoms with E-state index in [0.29, 0.717) is 18.1 Å². The third-order valence-electron chi connectivity index (χ3n) is 5.32. The van der Waals surface area contributed by atoms with E-state index in [1.807, 2.05) is 61.0 Å². The molecule has 0 radical (unpaired) electrons. The van der Waals surface area contributed by atoms with Gasteiger partial charge in [0.05, 0.1) is 12.1 Å². The predicted molar refractivity (Wildman–Crippen MR) is 128 cm³/mol. The average molecular weight is 449 g/mol. The lowest BCUT2D eigenvalue weighted by Crippen LogP contribution is -2.44. The summed E-state index contributed by atoms with van der Waals surface area (Å²) in [5.74, 6) is 0.373. The van der Waals surface area contributed by atoms with Gasteiger partial charge in [0.15, 0.2) is 6.61 Å². The van der Waals surface area contributed by atoms with E-state index < -0.39 is 5.91 Å². The largest absolute Gasteiger partial charge is 0.483 e. The minimum Gasteiger partial charge on any atom is -0.483 e. The van der Waals surface area contributed by atoms with Crippen molar-refractivity contribution in [1.29, 1.82) is 0 Å². The van der Waals surface area contributed by atoms with Crippen LogP contribution in [0.1, 0.15) is 41.9 Å². The third kappa shape index (κ3) is 6.94. The first-order valence-corrected chi connectivity index (χ1v) is 11.2. The normalized spacial score (nSPS) is 10.8. The summed E-state index contributed by atoms with van der Waals surface area (Å²) in [6.07, 6.45) is 0.857. The molecule has 1 aromatic heterocycles. The summed E-state index contributed by atoms with van der Waals surface area (Å²) >= 11 is 0. The summed E-state index contributed by atoms with van der Waals surface area (Å²) in [6.45, 7) is 8.71.